The number of aryl methyl sites for hydroxylation is 2. The molecule has 3 amide bonds. The predicted molar refractivity (Wildman–Crippen MR) is 130 cm³/mol. The molecule has 0 saturated carbocycles. The highest BCUT2D eigenvalue weighted by Gasteiger charge is 2.25. The van der Waals surface area contributed by atoms with Crippen molar-refractivity contribution in [3.8, 4) is 10.6 Å². The van der Waals surface area contributed by atoms with E-state index in [1.54, 1.807) is 43.5 Å². The van der Waals surface area contributed by atoms with Gasteiger partial charge in [0.1, 0.15) is 16.7 Å². The van der Waals surface area contributed by atoms with Crippen LogP contribution in [0, 0.1) is 19.8 Å². The minimum Gasteiger partial charge on any atom is -0.480 e. The number of rotatable bonds is 7. The Hall–Kier alpha value is -3.72. The number of aromatic nitrogens is 1. The van der Waals surface area contributed by atoms with Gasteiger partial charge in [-0.15, -0.1) is 11.3 Å². The van der Waals surface area contributed by atoms with Crippen LogP contribution in [0.2, 0.25) is 0 Å². The molecule has 2 aromatic carbocycles. The van der Waals surface area contributed by atoms with E-state index >= 15 is 0 Å². The molecule has 1 atom stereocenters. The lowest BCUT2D eigenvalue weighted by atomic mass is 10.0. The molecule has 8 nitrogen and oxygen atoms in total. The molecule has 3 rings (SSSR count). The number of hydrogen-bond donors (Lipinski definition) is 4. The number of nitrogens with zero attached hydrogens (tertiary/aromatic N) is 1. The van der Waals surface area contributed by atoms with Crippen molar-refractivity contribution >= 4 is 40.6 Å². The number of hydrogen-bond acceptors (Lipinski definition) is 5. The van der Waals surface area contributed by atoms with Crippen molar-refractivity contribution in [2.45, 2.75) is 33.7 Å². The van der Waals surface area contributed by atoms with Gasteiger partial charge in [-0.25, -0.2) is 14.6 Å². The number of carboxylic acid groups (broad SMARTS) is 1. The molecule has 0 aliphatic carbocycles. The van der Waals surface area contributed by atoms with Gasteiger partial charge >= 0.3 is 12.0 Å². The van der Waals surface area contributed by atoms with Crippen LogP contribution in [0.3, 0.4) is 0 Å². The molecule has 1 aromatic heterocycles. The Morgan fingerprint density at radius 1 is 0.939 bits per heavy atom. The molecule has 0 fully saturated rings. The van der Waals surface area contributed by atoms with Gasteiger partial charge in [-0.05, 0) is 67.3 Å². The number of carbonyl (C=O) groups excluding carboxylic acids is 2. The van der Waals surface area contributed by atoms with Crippen LogP contribution in [0.15, 0.2) is 47.8 Å². The maximum absolute atomic E-state index is 12.4. The zero-order valence-electron chi connectivity index (χ0n) is 18.8. The van der Waals surface area contributed by atoms with E-state index in [-0.39, 0.29) is 17.6 Å². The minimum atomic E-state index is -1.08. The average molecular weight is 467 g/mol. The maximum Gasteiger partial charge on any atom is 0.326 e. The minimum absolute atomic E-state index is 0.164. The van der Waals surface area contributed by atoms with Crippen LogP contribution in [-0.2, 0) is 4.79 Å². The number of carboxylic acids is 1. The van der Waals surface area contributed by atoms with Gasteiger partial charge in [0.25, 0.3) is 5.91 Å². The molecular formula is C24H26N4O4S. The third-order valence-electron chi connectivity index (χ3n) is 5.11. The molecule has 0 spiro atoms. The fourth-order valence-corrected chi connectivity index (χ4v) is 3.85. The fraction of sp³-hybridized carbons (Fsp3) is 0.250. The molecule has 9 heteroatoms. The maximum atomic E-state index is 12.4. The van der Waals surface area contributed by atoms with Crippen molar-refractivity contribution in [2.75, 3.05) is 10.6 Å². The van der Waals surface area contributed by atoms with E-state index in [1.165, 1.54) is 11.3 Å². The van der Waals surface area contributed by atoms with E-state index in [0.717, 1.165) is 16.7 Å². The number of nitrogens with one attached hydrogen (secondary N) is 3. The number of carbonyl (C=O) groups is 3. The Labute approximate surface area is 196 Å². The van der Waals surface area contributed by atoms with Crippen LogP contribution in [0.1, 0.15) is 35.5 Å². The molecule has 4 N–H and O–H groups in total. The Kier molecular flexibility index (Phi) is 7.44. The Morgan fingerprint density at radius 3 is 2.18 bits per heavy atom. The van der Waals surface area contributed by atoms with Crippen molar-refractivity contribution in [2.24, 2.45) is 5.92 Å². The highest BCUT2D eigenvalue weighted by Crippen LogP contribution is 2.25. The first-order valence-electron chi connectivity index (χ1n) is 10.4. The van der Waals surface area contributed by atoms with Gasteiger partial charge in [0, 0.05) is 22.3 Å². The summed E-state index contributed by atoms with van der Waals surface area (Å²) in [6.45, 7) is 7.45. The molecule has 0 saturated heterocycles. The van der Waals surface area contributed by atoms with Gasteiger partial charge in [0.05, 0.1) is 0 Å². The van der Waals surface area contributed by atoms with E-state index in [0.29, 0.717) is 16.4 Å². The van der Waals surface area contributed by atoms with E-state index in [9.17, 15) is 19.5 Å². The molecule has 33 heavy (non-hydrogen) atoms. The molecule has 3 aromatic rings. The van der Waals surface area contributed by atoms with Crippen LogP contribution < -0.4 is 16.0 Å². The van der Waals surface area contributed by atoms with Crippen LogP contribution in [0.5, 0.6) is 0 Å². The van der Waals surface area contributed by atoms with Crippen LogP contribution in [0.4, 0.5) is 16.2 Å². The lowest BCUT2D eigenvalue weighted by Gasteiger charge is -2.16. The van der Waals surface area contributed by atoms with Gasteiger partial charge in [0.15, 0.2) is 0 Å². The van der Waals surface area contributed by atoms with Gasteiger partial charge in [0.2, 0.25) is 0 Å². The lowest BCUT2D eigenvalue weighted by Crippen LogP contribution is -2.44. The van der Waals surface area contributed by atoms with E-state index in [1.807, 2.05) is 32.0 Å². The topological polar surface area (TPSA) is 120 Å². The molecule has 0 unspecified atom stereocenters. The second-order valence-corrected chi connectivity index (χ2v) is 8.88. The summed E-state index contributed by atoms with van der Waals surface area (Å²) in [6.07, 6.45) is 0. The largest absolute Gasteiger partial charge is 0.480 e. The first-order chi connectivity index (χ1) is 15.6. The molecule has 0 radical (unpaired) electrons. The van der Waals surface area contributed by atoms with Crippen LogP contribution in [-0.4, -0.2) is 34.0 Å². The lowest BCUT2D eigenvalue weighted by molar-refractivity contribution is -0.140. The molecule has 172 valence electrons. The van der Waals surface area contributed by atoms with Crippen molar-refractivity contribution in [3.05, 3.63) is 64.7 Å². The number of anilines is 2. The van der Waals surface area contributed by atoms with Gasteiger partial charge < -0.3 is 21.1 Å². The summed E-state index contributed by atoms with van der Waals surface area (Å²) in [4.78, 5) is 40.3. The van der Waals surface area contributed by atoms with Crippen molar-refractivity contribution in [3.63, 3.8) is 0 Å². The summed E-state index contributed by atoms with van der Waals surface area (Å²) >= 11 is 1.28. The van der Waals surface area contributed by atoms with Gasteiger partial charge in [-0.1, -0.05) is 19.9 Å². The smallest absolute Gasteiger partial charge is 0.326 e. The SMILES string of the molecule is Cc1ccc(NC(=O)Nc2ccc(-c3nc(C(=O)N[C@H](C(=O)O)C(C)C)cs3)cc2)cc1C. The summed E-state index contributed by atoms with van der Waals surface area (Å²) in [6, 6.07) is 11.5. The number of benzene rings is 2. The number of amides is 3. The monoisotopic (exact) mass is 466 g/mol. The Morgan fingerprint density at radius 2 is 1.58 bits per heavy atom. The van der Waals surface area contributed by atoms with E-state index in [2.05, 4.69) is 20.9 Å². The predicted octanol–water partition coefficient (Wildman–Crippen LogP) is 4.91. The Bertz CT molecular complexity index is 1170. The standard InChI is InChI=1S/C24H26N4O4S/c1-13(2)20(23(30)31)28-21(29)19-12-33-22(27-19)16-6-9-17(10-7-16)25-24(32)26-18-8-5-14(3)15(4)11-18/h5-13,20H,1-4H3,(H,28,29)(H,30,31)(H2,25,26,32)/t20-/m0/s1. The average Bonchev–Trinajstić information content (AvgIpc) is 3.25. The Balaban J connectivity index is 1.62. The number of aliphatic carboxylic acids is 1. The van der Waals surface area contributed by atoms with Gasteiger partial charge in [-0.2, -0.15) is 0 Å². The van der Waals surface area contributed by atoms with E-state index < -0.39 is 17.9 Å². The number of urea groups is 1. The summed E-state index contributed by atoms with van der Waals surface area (Å²) in [5.41, 5.74) is 4.51. The second kappa shape index (κ2) is 10.3. The summed E-state index contributed by atoms with van der Waals surface area (Å²) in [7, 11) is 0. The first-order valence-corrected chi connectivity index (χ1v) is 11.3. The normalized spacial score (nSPS) is 11.7. The molecule has 0 aliphatic heterocycles. The quantitative estimate of drug-likeness (QED) is 0.394. The first kappa shape index (κ1) is 23.9. The molecule has 0 aliphatic rings. The summed E-state index contributed by atoms with van der Waals surface area (Å²) < 4.78 is 0. The third kappa shape index (κ3) is 6.17. The fourth-order valence-electron chi connectivity index (χ4n) is 3.05. The van der Waals surface area contributed by atoms with Crippen molar-refractivity contribution in [1.29, 1.82) is 0 Å². The number of thiazole rings is 1. The highest BCUT2D eigenvalue weighted by molar-refractivity contribution is 7.13. The second-order valence-electron chi connectivity index (χ2n) is 8.03. The summed E-state index contributed by atoms with van der Waals surface area (Å²) in [5, 5.41) is 19.5. The van der Waals surface area contributed by atoms with Gasteiger partial charge in [-0.3, -0.25) is 4.79 Å². The summed E-state index contributed by atoms with van der Waals surface area (Å²) in [5.74, 6) is -1.87. The van der Waals surface area contributed by atoms with Crippen molar-refractivity contribution in [1.82, 2.24) is 10.3 Å². The third-order valence-corrected chi connectivity index (χ3v) is 6.00. The zero-order chi connectivity index (χ0) is 24.1. The highest BCUT2D eigenvalue weighted by atomic mass is 32.1. The molecular weight excluding hydrogens is 440 g/mol. The van der Waals surface area contributed by atoms with Crippen LogP contribution >= 0.6 is 11.3 Å². The molecule has 0 bridgehead atoms. The van der Waals surface area contributed by atoms with Crippen LogP contribution in [0.25, 0.3) is 10.6 Å². The van der Waals surface area contributed by atoms with Crippen molar-refractivity contribution < 1.29 is 19.5 Å². The molecule has 1 heterocycles. The van der Waals surface area contributed by atoms with E-state index in [4.69, 9.17) is 0 Å². The zero-order valence-corrected chi connectivity index (χ0v) is 19.6.